The van der Waals surface area contributed by atoms with Crippen molar-refractivity contribution in [1.82, 2.24) is 19.7 Å². The highest BCUT2D eigenvalue weighted by Crippen LogP contribution is 2.28. The number of amides is 1. The lowest BCUT2D eigenvalue weighted by Gasteiger charge is -2.36. The maximum atomic E-state index is 12.8. The van der Waals surface area contributed by atoms with Crippen LogP contribution in [0.3, 0.4) is 0 Å². The van der Waals surface area contributed by atoms with Crippen LogP contribution in [0.15, 0.2) is 65.7 Å². The molecule has 0 saturated carbocycles. The van der Waals surface area contributed by atoms with E-state index in [1.807, 2.05) is 30.3 Å². The Hall–Kier alpha value is -3.68. The average Bonchev–Trinajstić information content (AvgIpc) is 2.81. The van der Waals surface area contributed by atoms with Crippen LogP contribution in [0.1, 0.15) is 0 Å². The molecule has 30 heavy (non-hydrogen) atoms. The van der Waals surface area contributed by atoms with Crippen LogP contribution in [-0.4, -0.2) is 58.9 Å². The van der Waals surface area contributed by atoms with E-state index in [1.54, 1.807) is 36.5 Å². The Balaban J connectivity index is 1.42. The second-order valence-corrected chi connectivity index (χ2v) is 7.00. The van der Waals surface area contributed by atoms with Gasteiger partial charge in [0.25, 0.3) is 5.56 Å². The lowest BCUT2D eigenvalue weighted by molar-refractivity contribution is -0.132. The number of hydrogen-bond donors (Lipinski definition) is 0. The van der Waals surface area contributed by atoms with Gasteiger partial charge in [0.05, 0.1) is 18.5 Å². The molecule has 3 aromatic rings. The van der Waals surface area contributed by atoms with Crippen LogP contribution in [0.4, 0.5) is 5.69 Å². The minimum absolute atomic E-state index is 0.0818. The van der Waals surface area contributed by atoms with Gasteiger partial charge >= 0.3 is 0 Å². The molecule has 0 N–H and O–H groups in total. The van der Waals surface area contributed by atoms with E-state index in [0.29, 0.717) is 31.9 Å². The fraction of sp³-hybridized carbons (Fsp3) is 0.273. The molecule has 0 atom stereocenters. The highest BCUT2D eigenvalue weighted by molar-refractivity contribution is 5.76. The molecular weight excluding hydrogens is 382 g/mol. The number of nitrogens with zero attached hydrogens (tertiary/aromatic N) is 5. The minimum atomic E-state index is -0.302. The number of ether oxygens (including phenoxy) is 1. The van der Waals surface area contributed by atoms with Crippen molar-refractivity contribution < 1.29 is 9.53 Å². The van der Waals surface area contributed by atoms with E-state index in [2.05, 4.69) is 15.0 Å². The molecule has 8 heteroatoms. The topological polar surface area (TPSA) is 80.6 Å². The molecule has 0 aliphatic carbocycles. The van der Waals surface area contributed by atoms with Crippen molar-refractivity contribution >= 4 is 11.6 Å². The predicted octanol–water partition coefficient (Wildman–Crippen LogP) is 1.66. The molecule has 0 radical (unpaired) electrons. The summed E-state index contributed by atoms with van der Waals surface area (Å²) in [5.41, 5.74) is 2.12. The van der Waals surface area contributed by atoms with Crippen LogP contribution in [0.2, 0.25) is 0 Å². The van der Waals surface area contributed by atoms with Crippen LogP contribution >= 0.6 is 0 Å². The number of pyridine rings is 1. The van der Waals surface area contributed by atoms with Crippen LogP contribution in [0.5, 0.6) is 5.75 Å². The zero-order valence-electron chi connectivity index (χ0n) is 16.8. The first-order valence-electron chi connectivity index (χ1n) is 9.80. The molecule has 1 aliphatic rings. The summed E-state index contributed by atoms with van der Waals surface area (Å²) in [6.07, 6.45) is 3.35. The van der Waals surface area contributed by atoms with Crippen molar-refractivity contribution in [3.8, 4) is 17.0 Å². The van der Waals surface area contributed by atoms with E-state index < -0.39 is 0 Å². The molecule has 0 unspecified atom stereocenters. The third kappa shape index (κ3) is 4.17. The summed E-state index contributed by atoms with van der Waals surface area (Å²) in [6, 6.07) is 14.6. The summed E-state index contributed by atoms with van der Waals surface area (Å²) in [7, 11) is 1.66. The number of rotatable bonds is 5. The first kappa shape index (κ1) is 19.6. The number of aromatic nitrogens is 3. The summed E-state index contributed by atoms with van der Waals surface area (Å²) in [4.78, 5) is 33.1. The van der Waals surface area contributed by atoms with Gasteiger partial charge in [0.1, 0.15) is 12.3 Å². The van der Waals surface area contributed by atoms with Gasteiger partial charge < -0.3 is 14.5 Å². The highest BCUT2D eigenvalue weighted by Gasteiger charge is 2.23. The number of para-hydroxylation sites is 2. The molecule has 1 saturated heterocycles. The predicted molar refractivity (Wildman–Crippen MR) is 114 cm³/mol. The molecule has 1 amide bonds. The molecule has 1 aromatic carbocycles. The third-order valence-electron chi connectivity index (χ3n) is 5.17. The number of anilines is 1. The number of methoxy groups -OCH3 is 1. The largest absolute Gasteiger partial charge is 0.495 e. The zero-order chi connectivity index (χ0) is 20.9. The van der Waals surface area contributed by atoms with Crippen LogP contribution in [0, 0.1) is 0 Å². The summed E-state index contributed by atoms with van der Waals surface area (Å²) >= 11 is 0. The van der Waals surface area contributed by atoms with Crippen LogP contribution in [-0.2, 0) is 11.3 Å². The normalized spacial score (nSPS) is 13.9. The standard InChI is InChI=1S/C22H23N5O3/c1-30-20-7-3-2-6-19(20)25-11-13-26(14-12-25)22(29)16-27-21(28)9-8-18(24-27)17-5-4-10-23-15-17/h2-10,15H,11-14,16H2,1H3. The summed E-state index contributed by atoms with van der Waals surface area (Å²) in [5.74, 6) is 0.702. The Bertz CT molecular complexity index is 1080. The van der Waals surface area contributed by atoms with Crippen molar-refractivity contribution in [3.63, 3.8) is 0 Å². The second-order valence-electron chi connectivity index (χ2n) is 7.00. The van der Waals surface area contributed by atoms with E-state index >= 15 is 0 Å². The van der Waals surface area contributed by atoms with E-state index in [1.165, 1.54) is 10.7 Å². The minimum Gasteiger partial charge on any atom is -0.495 e. The van der Waals surface area contributed by atoms with Crippen LogP contribution < -0.4 is 15.2 Å². The quantitative estimate of drug-likeness (QED) is 0.642. The van der Waals surface area contributed by atoms with Crippen molar-refractivity contribution in [2.75, 3.05) is 38.2 Å². The van der Waals surface area contributed by atoms with Crippen molar-refractivity contribution in [3.05, 3.63) is 71.3 Å². The van der Waals surface area contributed by atoms with Crippen molar-refractivity contribution in [2.24, 2.45) is 0 Å². The van der Waals surface area contributed by atoms with Gasteiger partial charge in [-0.05, 0) is 30.3 Å². The smallest absolute Gasteiger partial charge is 0.267 e. The molecule has 4 rings (SSSR count). The maximum Gasteiger partial charge on any atom is 0.267 e. The van der Waals surface area contributed by atoms with Crippen molar-refractivity contribution in [2.45, 2.75) is 6.54 Å². The molecule has 2 aromatic heterocycles. The number of benzene rings is 1. The molecule has 0 spiro atoms. The molecule has 1 aliphatic heterocycles. The molecule has 1 fully saturated rings. The van der Waals surface area contributed by atoms with Gasteiger partial charge in [0.2, 0.25) is 5.91 Å². The molecule has 154 valence electrons. The zero-order valence-corrected chi connectivity index (χ0v) is 16.8. The van der Waals surface area contributed by atoms with Gasteiger partial charge in [0.15, 0.2) is 0 Å². The Labute approximate surface area is 174 Å². The van der Waals surface area contributed by atoms with Crippen molar-refractivity contribution in [1.29, 1.82) is 0 Å². The van der Waals surface area contributed by atoms with E-state index in [-0.39, 0.29) is 18.0 Å². The summed E-state index contributed by atoms with van der Waals surface area (Å²) < 4.78 is 6.66. The number of hydrogen-bond acceptors (Lipinski definition) is 6. The highest BCUT2D eigenvalue weighted by atomic mass is 16.5. The number of piperazine rings is 1. The second kappa shape index (κ2) is 8.77. The third-order valence-corrected chi connectivity index (χ3v) is 5.17. The first-order chi connectivity index (χ1) is 14.7. The first-order valence-corrected chi connectivity index (χ1v) is 9.80. The van der Waals surface area contributed by atoms with E-state index in [9.17, 15) is 9.59 Å². The SMILES string of the molecule is COc1ccccc1N1CCN(C(=O)Cn2nc(-c3cccnc3)ccc2=O)CC1. The molecule has 3 heterocycles. The van der Waals surface area contributed by atoms with Gasteiger partial charge in [-0.15, -0.1) is 0 Å². The average molecular weight is 405 g/mol. The monoisotopic (exact) mass is 405 g/mol. The van der Waals surface area contributed by atoms with Gasteiger partial charge in [-0.3, -0.25) is 14.6 Å². The Morgan fingerprint density at radius 1 is 1.03 bits per heavy atom. The lowest BCUT2D eigenvalue weighted by atomic mass is 10.2. The molecular formula is C22H23N5O3. The number of carbonyl (C=O) groups is 1. The van der Waals surface area contributed by atoms with Crippen LogP contribution in [0.25, 0.3) is 11.3 Å². The molecule has 8 nitrogen and oxygen atoms in total. The summed E-state index contributed by atoms with van der Waals surface area (Å²) in [5, 5.41) is 4.35. The Morgan fingerprint density at radius 3 is 2.57 bits per heavy atom. The van der Waals surface area contributed by atoms with Gasteiger partial charge in [-0.25, -0.2) is 4.68 Å². The fourth-order valence-electron chi connectivity index (χ4n) is 3.55. The number of carbonyl (C=O) groups excluding carboxylic acids is 1. The fourth-order valence-corrected chi connectivity index (χ4v) is 3.55. The van der Waals surface area contributed by atoms with E-state index in [0.717, 1.165) is 17.0 Å². The van der Waals surface area contributed by atoms with Gasteiger partial charge in [0, 0.05) is 50.2 Å². The van der Waals surface area contributed by atoms with E-state index in [4.69, 9.17) is 4.74 Å². The van der Waals surface area contributed by atoms with Gasteiger partial charge in [-0.1, -0.05) is 12.1 Å². The Morgan fingerprint density at radius 2 is 1.83 bits per heavy atom. The summed E-state index contributed by atoms with van der Waals surface area (Å²) in [6.45, 7) is 2.47. The molecule has 0 bridgehead atoms. The van der Waals surface area contributed by atoms with Gasteiger partial charge in [-0.2, -0.15) is 5.10 Å². The lowest BCUT2D eigenvalue weighted by Crippen LogP contribution is -2.50. The maximum absolute atomic E-state index is 12.8. The Kier molecular flexibility index (Phi) is 5.74.